The van der Waals surface area contributed by atoms with E-state index in [9.17, 15) is 0 Å². The van der Waals surface area contributed by atoms with Crippen LogP contribution in [0.3, 0.4) is 0 Å². The van der Waals surface area contributed by atoms with Gasteiger partial charge in [-0.05, 0) is 26.1 Å². The van der Waals surface area contributed by atoms with Gasteiger partial charge in [-0.2, -0.15) is 0 Å². The van der Waals surface area contributed by atoms with Crippen molar-refractivity contribution >= 4 is 20.7 Å². The van der Waals surface area contributed by atoms with Crippen molar-refractivity contribution in [3.63, 3.8) is 0 Å². The molecule has 0 aliphatic heterocycles. The van der Waals surface area contributed by atoms with Gasteiger partial charge in [0.15, 0.2) is 8.32 Å². The van der Waals surface area contributed by atoms with Gasteiger partial charge < -0.3 is 4.43 Å². The molecule has 0 bridgehead atoms. The van der Waals surface area contributed by atoms with Crippen LogP contribution in [0, 0.1) is 0 Å². The fraction of sp³-hybridized carbons (Fsp3) is 1.00. The van der Waals surface area contributed by atoms with Crippen molar-refractivity contribution in [1.82, 2.24) is 0 Å². The summed E-state index contributed by atoms with van der Waals surface area (Å²) < 4.78 is 5.71. The maximum absolute atomic E-state index is 5.71. The lowest BCUT2D eigenvalue weighted by Gasteiger charge is -2.16. The van der Waals surface area contributed by atoms with E-state index in [1.54, 1.807) is 0 Å². The fourth-order valence-electron chi connectivity index (χ4n) is 0.907. The highest BCUT2D eigenvalue weighted by Gasteiger charge is 2.12. The van der Waals surface area contributed by atoms with E-state index in [1.165, 1.54) is 25.7 Å². The number of hydrogen-bond donors (Lipinski definition) is 0. The van der Waals surface area contributed by atoms with Crippen LogP contribution >= 0.6 is 12.4 Å². The molecule has 0 saturated heterocycles. The summed E-state index contributed by atoms with van der Waals surface area (Å²) in [5.74, 6) is 0. The van der Waals surface area contributed by atoms with E-state index in [-0.39, 0.29) is 12.4 Å². The molecule has 0 heterocycles. The van der Waals surface area contributed by atoms with Gasteiger partial charge in [0.05, 0.1) is 0 Å². The number of unbranched alkanes of at least 4 members (excludes halogenated alkanes) is 3. The summed E-state index contributed by atoms with van der Waals surface area (Å²) in [4.78, 5) is 0. The van der Waals surface area contributed by atoms with Gasteiger partial charge in [0.1, 0.15) is 0 Å². The van der Waals surface area contributed by atoms with Crippen molar-refractivity contribution in [2.75, 3.05) is 6.61 Å². The Labute approximate surface area is 84.4 Å². The zero-order valence-corrected chi connectivity index (χ0v) is 10.7. The number of halogens is 1. The summed E-state index contributed by atoms with van der Waals surface area (Å²) in [5, 5.41) is 0. The molecule has 3 heteroatoms. The largest absolute Gasteiger partial charge is 0.418 e. The third-order valence-electron chi connectivity index (χ3n) is 1.53. The topological polar surface area (TPSA) is 9.23 Å². The smallest absolute Gasteiger partial charge is 0.183 e. The Balaban J connectivity index is 0. The molecule has 0 atom stereocenters. The molecule has 0 N–H and O–H groups in total. The van der Waals surface area contributed by atoms with E-state index in [1.807, 2.05) is 0 Å². The number of rotatable bonds is 6. The summed E-state index contributed by atoms with van der Waals surface area (Å²) in [5.41, 5.74) is 0. The molecule has 0 unspecified atom stereocenters. The maximum Gasteiger partial charge on any atom is 0.183 e. The van der Waals surface area contributed by atoms with E-state index >= 15 is 0 Å². The average molecular weight is 211 g/mol. The van der Waals surface area contributed by atoms with Crippen LogP contribution < -0.4 is 0 Å². The molecule has 0 aromatic rings. The molecule has 0 aromatic heterocycles. The van der Waals surface area contributed by atoms with E-state index in [0.717, 1.165) is 6.61 Å². The Morgan fingerprint density at radius 1 is 1.00 bits per heavy atom. The molecule has 0 aliphatic rings. The van der Waals surface area contributed by atoms with Crippen LogP contribution in [0.15, 0.2) is 0 Å². The fourth-order valence-corrected chi connectivity index (χ4v) is 1.66. The minimum absolute atomic E-state index is 0. The molecule has 1 nitrogen and oxygen atoms in total. The molecule has 0 fully saturated rings. The summed E-state index contributed by atoms with van der Waals surface area (Å²) >= 11 is 0. The Morgan fingerprint density at radius 3 is 2.00 bits per heavy atom. The third-order valence-corrected chi connectivity index (χ3v) is 2.60. The molecular weight excluding hydrogens is 188 g/mol. The molecule has 0 saturated carbocycles. The van der Waals surface area contributed by atoms with Crippen LogP contribution in [-0.2, 0) is 4.43 Å². The first-order valence-corrected chi connectivity index (χ1v) is 8.11. The molecule has 0 aromatic carbocycles. The van der Waals surface area contributed by atoms with E-state index in [4.69, 9.17) is 4.43 Å². The van der Waals surface area contributed by atoms with Gasteiger partial charge in [0.25, 0.3) is 0 Å². The van der Waals surface area contributed by atoms with E-state index in [2.05, 4.69) is 26.6 Å². The second kappa shape index (κ2) is 8.08. The molecule has 0 radical (unpaired) electrons. The Bertz CT molecular complexity index is 91.0. The van der Waals surface area contributed by atoms with Crippen LogP contribution in [0.25, 0.3) is 0 Å². The molecule has 76 valence electrons. The molecule has 0 spiro atoms. The lowest BCUT2D eigenvalue weighted by Crippen LogP contribution is -2.25. The highest BCUT2D eigenvalue weighted by Crippen LogP contribution is 2.05. The van der Waals surface area contributed by atoms with Crippen molar-refractivity contribution in [3.05, 3.63) is 0 Å². The first kappa shape index (κ1) is 15.0. The predicted octanol–water partition coefficient (Wildman–Crippen LogP) is 3.84. The lowest BCUT2D eigenvalue weighted by atomic mass is 10.2. The standard InChI is InChI=1S/C9H22OSi.ClH/c1-5-6-7-8-9-10-11(2,3)4;/h5-9H2,1-4H3;1H. The second-order valence-electron chi connectivity index (χ2n) is 4.02. The Kier molecular flexibility index (Phi) is 10.1. The molecule has 0 aliphatic carbocycles. The van der Waals surface area contributed by atoms with Crippen molar-refractivity contribution in [1.29, 1.82) is 0 Å². The van der Waals surface area contributed by atoms with Gasteiger partial charge in [-0.25, -0.2) is 0 Å². The first-order chi connectivity index (χ1) is 5.06. The quantitative estimate of drug-likeness (QED) is 0.478. The molecule has 0 amide bonds. The van der Waals surface area contributed by atoms with Crippen LogP contribution in [0.4, 0.5) is 0 Å². The maximum atomic E-state index is 5.71. The van der Waals surface area contributed by atoms with Crippen molar-refractivity contribution in [3.8, 4) is 0 Å². The zero-order valence-electron chi connectivity index (χ0n) is 8.85. The molecule has 0 rings (SSSR count). The summed E-state index contributed by atoms with van der Waals surface area (Å²) in [6.07, 6.45) is 5.25. The predicted molar refractivity (Wildman–Crippen MR) is 60.7 cm³/mol. The molecular formula is C9H23ClOSi. The van der Waals surface area contributed by atoms with Crippen molar-refractivity contribution in [2.24, 2.45) is 0 Å². The average Bonchev–Trinajstić information content (AvgIpc) is 1.85. The normalized spacial score (nSPS) is 11.0. The van der Waals surface area contributed by atoms with E-state index < -0.39 is 8.32 Å². The lowest BCUT2D eigenvalue weighted by molar-refractivity contribution is 0.299. The minimum atomic E-state index is -1.22. The van der Waals surface area contributed by atoms with Gasteiger partial charge >= 0.3 is 0 Å². The van der Waals surface area contributed by atoms with Crippen molar-refractivity contribution in [2.45, 2.75) is 52.2 Å². The first-order valence-electron chi connectivity index (χ1n) is 4.70. The van der Waals surface area contributed by atoms with Gasteiger partial charge in [0.2, 0.25) is 0 Å². The van der Waals surface area contributed by atoms with Crippen LogP contribution in [0.2, 0.25) is 19.6 Å². The highest BCUT2D eigenvalue weighted by molar-refractivity contribution is 6.69. The summed E-state index contributed by atoms with van der Waals surface area (Å²) in [7, 11) is -1.22. The molecule has 12 heavy (non-hydrogen) atoms. The third kappa shape index (κ3) is 13.1. The van der Waals surface area contributed by atoms with Crippen molar-refractivity contribution < 1.29 is 4.43 Å². The van der Waals surface area contributed by atoms with Gasteiger partial charge in [-0.15, -0.1) is 12.4 Å². The SMILES string of the molecule is CCCCCCO[Si](C)(C)C.Cl. The highest BCUT2D eigenvalue weighted by atomic mass is 35.5. The Hall–Kier alpha value is 0.467. The van der Waals surface area contributed by atoms with Gasteiger partial charge in [0, 0.05) is 6.61 Å². The minimum Gasteiger partial charge on any atom is -0.418 e. The van der Waals surface area contributed by atoms with Gasteiger partial charge in [-0.3, -0.25) is 0 Å². The number of hydrogen-bond acceptors (Lipinski definition) is 1. The monoisotopic (exact) mass is 210 g/mol. The van der Waals surface area contributed by atoms with E-state index in [0.29, 0.717) is 0 Å². The summed E-state index contributed by atoms with van der Waals surface area (Å²) in [6.45, 7) is 9.95. The van der Waals surface area contributed by atoms with Crippen LogP contribution in [0.1, 0.15) is 32.6 Å². The summed E-state index contributed by atoms with van der Waals surface area (Å²) in [6, 6.07) is 0. The second-order valence-corrected chi connectivity index (χ2v) is 8.53. The zero-order chi connectivity index (χ0) is 8.74. The van der Waals surface area contributed by atoms with Gasteiger partial charge in [-0.1, -0.05) is 26.2 Å². The Morgan fingerprint density at radius 2 is 1.58 bits per heavy atom. The van der Waals surface area contributed by atoms with Crippen LogP contribution in [0.5, 0.6) is 0 Å². The van der Waals surface area contributed by atoms with Crippen LogP contribution in [-0.4, -0.2) is 14.9 Å².